The summed E-state index contributed by atoms with van der Waals surface area (Å²) in [7, 11) is 1.67. The Hall–Kier alpha value is -2.16. The first-order valence-corrected chi connectivity index (χ1v) is 6.31. The first-order chi connectivity index (χ1) is 9.11. The van der Waals surface area contributed by atoms with Crippen molar-refractivity contribution in [1.82, 2.24) is 0 Å². The van der Waals surface area contributed by atoms with E-state index in [1.807, 2.05) is 43.3 Å². The van der Waals surface area contributed by atoms with Gasteiger partial charge in [-0.1, -0.05) is 24.3 Å². The second-order valence-electron chi connectivity index (χ2n) is 4.61. The van der Waals surface area contributed by atoms with Gasteiger partial charge in [-0.15, -0.1) is 0 Å². The zero-order valence-corrected chi connectivity index (χ0v) is 11.5. The smallest absolute Gasteiger partial charge is 0.124 e. The Morgan fingerprint density at radius 3 is 2.58 bits per heavy atom. The lowest BCUT2D eigenvalue weighted by atomic mass is 10.1. The van der Waals surface area contributed by atoms with Gasteiger partial charge in [0, 0.05) is 17.3 Å². The average Bonchev–Trinajstić information content (AvgIpc) is 2.43. The van der Waals surface area contributed by atoms with Crippen molar-refractivity contribution in [2.24, 2.45) is 0 Å². The average molecular weight is 257 g/mol. The topological polar surface area (TPSA) is 41.5 Å². The van der Waals surface area contributed by atoms with E-state index in [2.05, 4.69) is 12.2 Å². The van der Waals surface area contributed by atoms with Gasteiger partial charge in [0.25, 0.3) is 0 Å². The predicted molar refractivity (Wildman–Crippen MR) is 77.9 cm³/mol. The van der Waals surface area contributed by atoms with Crippen LogP contribution in [0.2, 0.25) is 0 Å². The minimum Gasteiger partial charge on any atom is -0.508 e. The molecule has 0 aliphatic heterocycles. The van der Waals surface area contributed by atoms with E-state index in [1.165, 1.54) is 0 Å². The molecule has 0 aromatic heterocycles. The van der Waals surface area contributed by atoms with Crippen molar-refractivity contribution >= 4 is 5.69 Å². The third-order valence-corrected chi connectivity index (χ3v) is 3.20. The fourth-order valence-electron chi connectivity index (χ4n) is 2.05. The molecule has 3 heteroatoms. The normalized spacial score (nSPS) is 11.9. The number of rotatable bonds is 4. The molecule has 100 valence electrons. The number of methoxy groups -OCH3 is 1. The van der Waals surface area contributed by atoms with E-state index < -0.39 is 0 Å². The molecule has 0 aliphatic rings. The SMILES string of the molecule is COc1ccccc1C(C)Nc1ccc(C)c(O)c1. The van der Waals surface area contributed by atoms with Gasteiger partial charge < -0.3 is 15.2 Å². The van der Waals surface area contributed by atoms with Crippen LogP contribution in [0.15, 0.2) is 42.5 Å². The summed E-state index contributed by atoms with van der Waals surface area (Å²) in [5.41, 5.74) is 2.85. The number of benzene rings is 2. The van der Waals surface area contributed by atoms with Crippen LogP contribution < -0.4 is 10.1 Å². The van der Waals surface area contributed by atoms with Gasteiger partial charge in [-0.2, -0.15) is 0 Å². The Morgan fingerprint density at radius 2 is 1.89 bits per heavy atom. The van der Waals surface area contributed by atoms with Crippen molar-refractivity contribution in [3.05, 3.63) is 53.6 Å². The molecule has 0 radical (unpaired) electrons. The quantitative estimate of drug-likeness (QED) is 0.873. The molecule has 0 spiro atoms. The molecule has 0 bridgehead atoms. The number of aryl methyl sites for hydroxylation is 1. The summed E-state index contributed by atoms with van der Waals surface area (Å²) in [5, 5.41) is 13.1. The Bertz CT molecular complexity index is 566. The lowest BCUT2D eigenvalue weighted by Gasteiger charge is -2.18. The van der Waals surface area contributed by atoms with Gasteiger partial charge in [0.05, 0.1) is 13.2 Å². The van der Waals surface area contributed by atoms with Crippen LogP contribution in [0.1, 0.15) is 24.1 Å². The molecule has 2 aromatic rings. The number of hydrogen-bond acceptors (Lipinski definition) is 3. The maximum absolute atomic E-state index is 9.72. The molecule has 0 saturated carbocycles. The zero-order valence-electron chi connectivity index (χ0n) is 11.5. The molecule has 0 fully saturated rings. The summed E-state index contributed by atoms with van der Waals surface area (Å²) in [6.45, 7) is 3.94. The first kappa shape index (κ1) is 13.3. The predicted octanol–water partition coefficient (Wildman–Crippen LogP) is 3.88. The summed E-state index contributed by atoms with van der Waals surface area (Å²) in [6.07, 6.45) is 0. The van der Waals surface area contributed by atoms with Gasteiger partial charge in [0.1, 0.15) is 11.5 Å². The maximum Gasteiger partial charge on any atom is 0.124 e. The van der Waals surface area contributed by atoms with Crippen LogP contribution >= 0.6 is 0 Å². The fourth-order valence-corrected chi connectivity index (χ4v) is 2.05. The second kappa shape index (κ2) is 5.65. The van der Waals surface area contributed by atoms with Crippen molar-refractivity contribution < 1.29 is 9.84 Å². The Balaban J connectivity index is 2.20. The van der Waals surface area contributed by atoms with E-state index in [9.17, 15) is 5.11 Å². The molecule has 2 aromatic carbocycles. The Kier molecular flexibility index (Phi) is 3.95. The maximum atomic E-state index is 9.72. The highest BCUT2D eigenvalue weighted by Gasteiger charge is 2.10. The Labute approximate surface area is 113 Å². The summed E-state index contributed by atoms with van der Waals surface area (Å²) in [4.78, 5) is 0. The number of phenols is 1. The molecule has 3 nitrogen and oxygen atoms in total. The number of hydrogen-bond donors (Lipinski definition) is 2. The molecular weight excluding hydrogens is 238 g/mol. The van der Waals surface area contributed by atoms with Crippen LogP contribution in [0.4, 0.5) is 5.69 Å². The molecule has 1 atom stereocenters. The molecule has 0 heterocycles. The van der Waals surface area contributed by atoms with Crippen molar-refractivity contribution in [3.63, 3.8) is 0 Å². The van der Waals surface area contributed by atoms with Gasteiger partial charge >= 0.3 is 0 Å². The highest BCUT2D eigenvalue weighted by molar-refractivity contribution is 5.53. The highest BCUT2D eigenvalue weighted by Crippen LogP contribution is 2.29. The van der Waals surface area contributed by atoms with E-state index in [0.717, 1.165) is 22.6 Å². The first-order valence-electron chi connectivity index (χ1n) is 6.31. The third kappa shape index (κ3) is 2.99. The molecule has 2 N–H and O–H groups in total. The minimum atomic E-state index is 0.0956. The minimum absolute atomic E-state index is 0.0956. The fraction of sp³-hybridized carbons (Fsp3) is 0.250. The van der Waals surface area contributed by atoms with Gasteiger partial charge in [-0.05, 0) is 31.5 Å². The van der Waals surface area contributed by atoms with E-state index in [-0.39, 0.29) is 6.04 Å². The van der Waals surface area contributed by atoms with Crippen LogP contribution in [0.5, 0.6) is 11.5 Å². The summed E-state index contributed by atoms with van der Waals surface area (Å²) in [6, 6.07) is 13.6. The number of phenolic OH excluding ortho intramolecular Hbond substituents is 1. The van der Waals surface area contributed by atoms with E-state index in [4.69, 9.17) is 4.74 Å². The van der Waals surface area contributed by atoms with Crippen LogP contribution in [0.3, 0.4) is 0 Å². The largest absolute Gasteiger partial charge is 0.508 e. The van der Waals surface area contributed by atoms with E-state index in [0.29, 0.717) is 5.75 Å². The van der Waals surface area contributed by atoms with Gasteiger partial charge in [-0.3, -0.25) is 0 Å². The van der Waals surface area contributed by atoms with Gasteiger partial charge in [0.2, 0.25) is 0 Å². The molecule has 2 rings (SSSR count). The lowest BCUT2D eigenvalue weighted by molar-refractivity contribution is 0.408. The molecule has 0 aliphatic carbocycles. The zero-order chi connectivity index (χ0) is 13.8. The number of anilines is 1. The van der Waals surface area contributed by atoms with Gasteiger partial charge in [0.15, 0.2) is 0 Å². The van der Waals surface area contributed by atoms with Crippen LogP contribution in [-0.4, -0.2) is 12.2 Å². The summed E-state index contributed by atoms with van der Waals surface area (Å²) < 4.78 is 5.36. The van der Waals surface area contributed by atoms with Crippen LogP contribution in [0, 0.1) is 6.92 Å². The summed E-state index contributed by atoms with van der Waals surface area (Å²) >= 11 is 0. The van der Waals surface area contributed by atoms with Crippen molar-refractivity contribution in [1.29, 1.82) is 0 Å². The third-order valence-electron chi connectivity index (χ3n) is 3.20. The molecule has 0 saturated heterocycles. The van der Waals surface area contributed by atoms with E-state index >= 15 is 0 Å². The lowest BCUT2D eigenvalue weighted by Crippen LogP contribution is -2.08. The molecule has 19 heavy (non-hydrogen) atoms. The Morgan fingerprint density at radius 1 is 1.16 bits per heavy atom. The van der Waals surface area contributed by atoms with Crippen LogP contribution in [-0.2, 0) is 0 Å². The van der Waals surface area contributed by atoms with Crippen molar-refractivity contribution in [2.45, 2.75) is 19.9 Å². The number of ether oxygens (including phenoxy) is 1. The van der Waals surface area contributed by atoms with Gasteiger partial charge in [-0.25, -0.2) is 0 Å². The second-order valence-corrected chi connectivity index (χ2v) is 4.61. The summed E-state index contributed by atoms with van der Waals surface area (Å²) in [5.74, 6) is 1.16. The van der Waals surface area contributed by atoms with Crippen LogP contribution in [0.25, 0.3) is 0 Å². The number of aromatic hydroxyl groups is 1. The number of para-hydroxylation sites is 1. The molecule has 1 unspecified atom stereocenters. The van der Waals surface area contributed by atoms with Crippen molar-refractivity contribution in [3.8, 4) is 11.5 Å². The van der Waals surface area contributed by atoms with Crippen molar-refractivity contribution in [2.75, 3.05) is 12.4 Å². The standard InChI is InChI=1S/C16H19NO2/c1-11-8-9-13(10-15(11)18)17-12(2)14-6-4-5-7-16(14)19-3/h4-10,12,17-18H,1-3H3. The monoisotopic (exact) mass is 257 g/mol. The highest BCUT2D eigenvalue weighted by atomic mass is 16.5. The molecular formula is C16H19NO2. The molecule has 0 amide bonds. The van der Waals surface area contributed by atoms with E-state index in [1.54, 1.807) is 13.2 Å². The number of nitrogens with one attached hydrogen (secondary N) is 1.